The number of nitrogens with two attached hydrogens (primary N) is 1. The summed E-state index contributed by atoms with van der Waals surface area (Å²) in [4.78, 5) is 13.3. The van der Waals surface area contributed by atoms with Gasteiger partial charge in [-0.1, -0.05) is 6.07 Å². The zero-order chi connectivity index (χ0) is 24.8. The topological polar surface area (TPSA) is 107 Å². The molecule has 0 spiro atoms. The van der Waals surface area contributed by atoms with Gasteiger partial charge >= 0.3 is 5.95 Å². The number of nitrogens with one attached hydrogen (secondary N) is 1. The van der Waals surface area contributed by atoms with Gasteiger partial charge < -0.3 is 19.9 Å². The maximum atomic E-state index is 6.30. The highest BCUT2D eigenvalue weighted by atomic mass is 16.5. The van der Waals surface area contributed by atoms with Gasteiger partial charge in [-0.2, -0.15) is 9.97 Å². The van der Waals surface area contributed by atoms with Crippen molar-refractivity contribution in [3.05, 3.63) is 59.5 Å². The van der Waals surface area contributed by atoms with Crippen molar-refractivity contribution in [3.63, 3.8) is 0 Å². The molecule has 2 aromatic heterocycles. The van der Waals surface area contributed by atoms with Crippen molar-refractivity contribution in [2.24, 2.45) is 0 Å². The molecule has 9 heteroatoms. The molecule has 0 bridgehead atoms. The molecule has 0 radical (unpaired) electrons. The van der Waals surface area contributed by atoms with Crippen LogP contribution in [-0.2, 0) is 6.42 Å². The number of anilines is 2. The van der Waals surface area contributed by atoms with Crippen LogP contribution in [0.1, 0.15) is 42.4 Å². The molecule has 3 N–H and O–H groups in total. The number of methoxy groups -OCH3 is 3. The number of nitrogen functional groups attached to an aromatic ring is 1. The number of benzene rings is 1. The summed E-state index contributed by atoms with van der Waals surface area (Å²) in [6.45, 7) is 3.98. The predicted molar refractivity (Wildman–Crippen MR) is 136 cm³/mol. The molecule has 35 heavy (non-hydrogen) atoms. The summed E-state index contributed by atoms with van der Waals surface area (Å²) in [5.74, 6) is 4.23. The van der Waals surface area contributed by atoms with E-state index in [2.05, 4.69) is 30.9 Å². The highest BCUT2D eigenvalue weighted by Gasteiger charge is 2.23. The molecule has 4 rings (SSSR count). The van der Waals surface area contributed by atoms with Crippen molar-refractivity contribution in [1.29, 1.82) is 0 Å². The maximum Gasteiger partial charge on any atom is 0.320 e. The van der Waals surface area contributed by atoms with Gasteiger partial charge in [0.2, 0.25) is 11.6 Å². The average Bonchev–Trinajstić information content (AvgIpc) is 2.90. The monoisotopic (exact) mass is 477 g/mol. The largest absolute Gasteiger partial charge is 0.493 e. The molecule has 184 valence electrons. The lowest BCUT2D eigenvalue weighted by Crippen LogP contribution is -2.33. The first-order valence-electron chi connectivity index (χ1n) is 11.7. The summed E-state index contributed by atoms with van der Waals surface area (Å²) in [6, 6.07) is 7.98. The van der Waals surface area contributed by atoms with E-state index in [1.165, 1.54) is 5.56 Å². The SMILES string of the molecule is COc1cc(Cc2cnc(NC(C)=[N+]3CCC(c4cccnc4)CC3)nc2N)cc(OC)c1OC. The molecule has 1 fully saturated rings. The van der Waals surface area contributed by atoms with E-state index < -0.39 is 0 Å². The molecule has 0 unspecified atom stereocenters. The highest BCUT2D eigenvalue weighted by molar-refractivity contribution is 5.88. The molecular formula is C26H33N6O3+. The van der Waals surface area contributed by atoms with Gasteiger partial charge in [-0.05, 0) is 48.1 Å². The number of ether oxygens (including phenoxy) is 3. The fraction of sp³-hybridized carbons (Fsp3) is 0.385. The van der Waals surface area contributed by atoms with Crippen molar-refractivity contribution in [2.75, 3.05) is 45.5 Å². The van der Waals surface area contributed by atoms with Gasteiger partial charge in [0.05, 0.1) is 34.4 Å². The Bertz CT molecular complexity index is 1160. The van der Waals surface area contributed by atoms with E-state index in [0.29, 0.717) is 41.4 Å². The number of pyridine rings is 1. The Morgan fingerprint density at radius 3 is 2.37 bits per heavy atom. The van der Waals surface area contributed by atoms with Gasteiger partial charge in [0.15, 0.2) is 11.5 Å². The van der Waals surface area contributed by atoms with E-state index in [1.54, 1.807) is 27.5 Å². The molecule has 1 aliphatic rings. The van der Waals surface area contributed by atoms with Gasteiger partial charge in [-0.15, -0.1) is 0 Å². The molecule has 3 aromatic rings. The van der Waals surface area contributed by atoms with Crippen LogP contribution in [0.15, 0.2) is 42.9 Å². The standard InChI is InChI=1S/C26H32N6O3/c1-17(32-10-7-19(8-11-32)20-6-5-9-28-15-20)30-26-29-16-21(25(27)31-26)12-18-13-22(33-2)24(35-4)23(14-18)34-3/h5-6,9,13-16,19H,7-8,10-12H2,1-4H3,(H2,27,29,31)/p+1. The molecule has 0 atom stereocenters. The number of piperidine rings is 1. The zero-order valence-corrected chi connectivity index (χ0v) is 20.7. The Labute approximate surface area is 206 Å². The second-order valence-corrected chi connectivity index (χ2v) is 8.57. The quantitative estimate of drug-likeness (QED) is 0.393. The fourth-order valence-electron chi connectivity index (χ4n) is 4.48. The van der Waals surface area contributed by atoms with Crippen LogP contribution >= 0.6 is 0 Å². The van der Waals surface area contributed by atoms with Gasteiger partial charge in [0.25, 0.3) is 0 Å². The van der Waals surface area contributed by atoms with E-state index in [4.69, 9.17) is 19.9 Å². The van der Waals surface area contributed by atoms with E-state index in [1.807, 2.05) is 37.5 Å². The maximum absolute atomic E-state index is 6.30. The number of aromatic nitrogens is 3. The van der Waals surface area contributed by atoms with Crippen LogP contribution in [0.3, 0.4) is 0 Å². The molecule has 0 amide bonds. The number of hydrogen-bond donors (Lipinski definition) is 2. The van der Waals surface area contributed by atoms with Crippen LogP contribution < -0.4 is 25.3 Å². The number of amidine groups is 1. The molecule has 1 aliphatic heterocycles. The Balaban J connectivity index is 1.43. The Kier molecular flexibility index (Phi) is 7.64. The highest BCUT2D eigenvalue weighted by Crippen LogP contribution is 2.38. The third-order valence-electron chi connectivity index (χ3n) is 6.43. The lowest BCUT2D eigenvalue weighted by Gasteiger charge is -2.24. The van der Waals surface area contributed by atoms with Gasteiger partial charge in [-0.3, -0.25) is 9.56 Å². The summed E-state index contributed by atoms with van der Waals surface area (Å²) < 4.78 is 18.6. The lowest BCUT2D eigenvalue weighted by molar-refractivity contribution is -0.539. The summed E-state index contributed by atoms with van der Waals surface area (Å²) in [7, 11) is 4.78. The second kappa shape index (κ2) is 11.0. The Hall–Kier alpha value is -3.88. The van der Waals surface area contributed by atoms with Crippen molar-refractivity contribution < 1.29 is 18.8 Å². The molecule has 0 saturated carbocycles. The average molecular weight is 478 g/mol. The fourth-order valence-corrected chi connectivity index (χ4v) is 4.48. The van der Waals surface area contributed by atoms with Crippen LogP contribution in [0.5, 0.6) is 17.2 Å². The lowest BCUT2D eigenvalue weighted by atomic mass is 9.91. The van der Waals surface area contributed by atoms with E-state index in [9.17, 15) is 0 Å². The first kappa shape index (κ1) is 24.3. The van der Waals surface area contributed by atoms with Crippen molar-refractivity contribution in [2.45, 2.75) is 32.1 Å². The first-order chi connectivity index (χ1) is 17.0. The number of rotatable bonds is 7. The minimum absolute atomic E-state index is 0.430. The van der Waals surface area contributed by atoms with Crippen molar-refractivity contribution in [1.82, 2.24) is 15.0 Å². The Morgan fingerprint density at radius 1 is 1.09 bits per heavy atom. The van der Waals surface area contributed by atoms with Crippen LogP contribution in [0.4, 0.5) is 11.8 Å². The summed E-state index contributed by atoms with van der Waals surface area (Å²) in [5.41, 5.74) is 9.39. The van der Waals surface area contributed by atoms with Crippen molar-refractivity contribution >= 4 is 17.6 Å². The van der Waals surface area contributed by atoms with Gasteiger partial charge in [0.1, 0.15) is 5.82 Å². The van der Waals surface area contributed by atoms with Crippen LogP contribution in [-0.4, -0.2) is 59.8 Å². The molecule has 1 aromatic carbocycles. The Morgan fingerprint density at radius 2 is 1.80 bits per heavy atom. The van der Waals surface area contributed by atoms with Crippen LogP contribution in [0, 0.1) is 0 Å². The molecular weight excluding hydrogens is 444 g/mol. The molecule has 9 nitrogen and oxygen atoms in total. The van der Waals surface area contributed by atoms with Crippen molar-refractivity contribution in [3.8, 4) is 17.2 Å². The van der Waals surface area contributed by atoms with Gasteiger partial charge in [-0.25, -0.2) is 5.32 Å². The van der Waals surface area contributed by atoms with Crippen LogP contribution in [0.25, 0.3) is 0 Å². The second-order valence-electron chi connectivity index (χ2n) is 8.57. The van der Waals surface area contributed by atoms with Gasteiger partial charge in [0, 0.05) is 37.5 Å². The zero-order valence-electron chi connectivity index (χ0n) is 20.7. The smallest absolute Gasteiger partial charge is 0.320 e. The minimum Gasteiger partial charge on any atom is -0.493 e. The molecule has 3 heterocycles. The van der Waals surface area contributed by atoms with E-state index in [-0.39, 0.29) is 0 Å². The normalized spacial score (nSPS) is 15.4. The molecule has 1 saturated heterocycles. The van der Waals surface area contributed by atoms with E-state index in [0.717, 1.165) is 42.9 Å². The number of nitrogens with zero attached hydrogens (tertiary/aromatic N) is 4. The minimum atomic E-state index is 0.430. The number of hydrogen-bond acceptors (Lipinski definition) is 7. The summed E-state index contributed by atoms with van der Waals surface area (Å²) in [6.07, 6.45) is 8.26. The summed E-state index contributed by atoms with van der Waals surface area (Å²) in [5, 5.41) is 3.32. The van der Waals surface area contributed by atoms with E-state index >= 15 is 0 Å². The third kappa shape index (κ3) is 5.62. The third-order valence-corrected chi connectivity index (χ3v) is 6.43. The molecule has 0 aliphatic carbocycles. The van der Waals surface area contributed by atoms with Crippen LogP contribution in [0.2, 0.25) is 0 Å². The first-order valence-corrected chi connectivity index (χ1v) is 11.7. The summed E-state index contributed by atoms with van der Waals surface area (Å²) >= 11 is 0. The predicted octanol–water partition coefficient (Wildman–Crippen LogP) is 3.49.